The number of rotatable bonds is 4. The summed E-state index contributed by atoms with van der Waals surface area (Å²) in [6.07, 6.45) is -0.549. The van der Waals surface area contributed by atoms with Crippen molar-refractivity contribution < 1.29 is 20.1 Å². The van der Waals surface area contributed by atoms with Crippen LogP contribution < -0.4 is 5.73 Å². The summed E-state index contributed by atoms with van der Waals surface area (Å²) in [5.41, 5.74) is 5.63. The Labute approximate surface area is 101 Å². The second-order valence-corrected chi connectivity index (χ2v) is 3.50. The van der Waals surface area contributed by atoms with E-state index in [4.69, 9.17) is 21.1 Å². The average molecular weight is 241 g/mol. The van der Waals surface area contributed by atoms with Gasteiger partial charge in [-0.25, -0.2) is 4.79 Å². The van der Waals surface area contributed by atoms with Gasteiger partial charge in [0.15, 0.2) is 6.10 Å². The van der Waals surface area contributed by atoms with Crippen molar-refractivity contribution in [1.82, 2.24) is 0 Å². The summed E-state index contributed by atoms with van der Waals surface area (Å²) in [7, 11) is 0. The fourth-order valence-electron chi connectivity index (χ4n) is 0.907. The van der Waals surface area contributed by atoms with E-state index in [1.165, 1.54) is 0 Å². The minimum Gasteiger partial charge on any atom is -0.479 e. The van der Waals surface area contributed by atoms with Gasteiger partial charge in [0.05, 0.1) is 6.61 Å². The number of benzene rings is 1. The molecule has 0 radical (unpaired) electrons. The summed E-state index contributed by atoms with van der Waals surface area (Å²) in [6.45, 7) is 2.05. The smallest absolute Gasteiger partial charge is 0.337 e. The molecule has 5 nitrogen and oxygen atoms in total. The van der Waals surface area contributed by atoms with Crippen molar-refractivity contribution in [2.45, 2.75) is 25.5 Å². The number of hydrogen-bond donors (Lipinski definition) is 4. The molecule has 5 heteroatoms. The van der Waals surface area contributed by atoms with Gasteiger partial charge in [-0.1, -0.05) is 37.3 Å². The van der Waals surface area contributed by atoms with Crippen molar-refractivity contribution in [2.24, 2.45) is 5.73 Å². The van der Waals surface area contributed by atoms with Crippen LogP contribution >= 0.6 is 0 Å². The highest BCUT2D eigenvalue weighted by Gasteiger charge is 2.14. The van der Waals surface area contributed by atoms with Crippen LogP contribution in [0.5, 0.6) is 0 Å². The summed E-state index contributed by atoms with van der Waals surface area (Å²) >= 11 is 0. The topological polar surface area (TPSA) is 104 Å². The molecule has 0 amide bonds. The minimum absolute atomic E-state index is 0.00926. The normalized spacial score (nSPS) is 13.2. The first-order chi connectivity index (χ1) is 8.02. The minimum atomic E-state index is -1.41. The third kappa shape index (κ3) is 6.68. The quantitative estimate of drug-likeness (QED) is 0.615. The summed E-state index contributed by atoms with van der Waals surface area (Å²) in [5, 5.41) is 25.6. The third-order valence-corrected chi connectivity index (χ3v) is 2.11. The summed E-state index contributed by atoms with van der Waals surface area (Å²) in [5.74, 6) is -1.23. The van der Waals surface area contributed by atoms with E-state index in [1.807, 2.05) is 6.92 Å². The van der Waals surface area contributed by atoms with Crippen LogP contribution in [0, 0.1) is 0 Å². The Morgan fingerprint density at radius 1 is 1.35 bits per heavy atom. The Morgan fingerprint density at radius 3 is 2.18 bits per heavy atom. The van der Waals surface area contributed by atoms with Gasteiger partial charge in [-0.05, 0) is 12.0 Å². The Bertz CT molecular complexity index is 312. The fraction of sp³-hybridized carbons (Fsp3) is 0.417. The number of carboxylic acids is 1. The van der Waals surface area contributed by atoms with Gasteiger partial charge in [0, 0.05) is 6.04 Å². The lowest BCUT2D eigenvalue weighted by atomic mass is 10.1. The zero-order chi connectivity index (χ0) is 13.3. The molecule has 1 aromatic rings. The molecule has 0 aliphatic heterocycles. The van der Waals surface area contributed by atoms with E-state index < -0.39 is 12.1 Å². The van der Waals surface area contributed by atoms with E-state index in [0.29, 0.717) is 5.56 Å². The summed E-state index contributed by atoms with van der Waals surface area (Å²) < 4.78 is 0. The van der Waals surface area contributed by atoms with Crippen molar-refractivity contribution in [3.8, 4) is 0 Å². The molecule has 2 atom stereocenters. The zero-order valence-corrected chi connectivity index (χ0v) is 9.78. The molecule has 0 aliphatic carbocycles. The maximum Gasteiger partial charge on any atom is 0.337 e. The molecule has 1 aromatic carbocycles. The first kappa shape index (κ1) is 15.6. The Kier molecular flexibility index (Phi) is 7.96. The highest BCUT2D eigenvalue weighted by molar-refractivity contribution is 5.73. The lowest BCUT2D eigenvalue weighted by Gasteiger charge is -2.03. The van der Waals surface area contributed by atoms with Gasteiger partial charge in [-0.15, -0.1) is 0 Å². The molecule has 2 unspecified atom stereocenters. The van der Waals surface area contributed by atoms with Crippen LogP contribution in [0.15, 0.2) is 30.3 Å². The standard InChI is InChI=1S/C8H8O3.C4H11NO/c9-7(8(10)11)6-4-2-1-3-5-6;1-2-4(5)3-6/h1-5,7,9H,(H,10,11);4,6H,2-3,5H2,1H3. The van der Waals surface area contributed by atoms with Gasteiger partial charge in [0.25, 0.3) is 0 Å². The van der Waals surface area contributed by atoms with Gasteiger partial charge in [0.1, 0.15) is 0 Å². The molecule has 1 rings (SSSR count). The molecule has 0 saturated heterocycles. The van der Waals surface area contributed by atoms with E-state index in [0.717, 1.165) is 6.42 Å². The lowest BCUT2D eigenvalue weighted by Crippen LogP contribution is -2.22. The Morgan fingerprint density at radius 2 is 1.88 bits per heavy atom. The molecule has 5 N–H and O–H groups in total. The van der Waals surface area contributed by atoms with E-state index >= 15 is 0 Å². The van der Waals surface area contributed by atoms with Crippen LogP contribution in [0.25, 0.3) is 0 Å². The van der Waals surface area contributed by atoms with Crippen molar-refractivity contribution in [3.05, 3.63) is 35.9 Å². The number of aliphatic hydroxyl groups is 2. The van der Waals surface area contributed by atoms with Gasteiger partial charge in [-0.3, -0.25) is 0 Å². The Hall–Kier alpha value is -1.43. The van der Waals surface area contributed by atoms with Gasteiger partial charge < -0.3 is 21.1 Å². The van der Waals surface area contributed by atoms with Crippen LogP contribution in [0.1, 0.15) is 25.0 Å². The van der Waals surface area contributed by atoms with E-state index in [9.17, 15) is 4.79 Å². The number of hydrogen-bond acceptors (Lipinski definition) is 4. The average Bonchev–Trinajstić information content (AvgIpc) is 2.38. The molecule has 0 bridgehead atoms. The number of aliphatic hydroxyl groups excluding tert-OH is 2. The highest BCUT2D eigenvalue weighted by atomic mass is 16.4. The molecule has 0 fully saturated rings. The van der Waals surface area contributed by atoms with Crippen LogP contribution in [-0.2, 0) is 4.79 Å². The molecular weight excluding hydrogens is 222 g/mol. The van der Waals surface area contributed by atoms with Crippen molar-refractivity contribution in [3.63, 3.8) is 0 Å². The van der Waals surface area contributed by atoms with Crippen molar-refractivity contribution >= 4 is 5.97 Å². The van der Waals surface area contributed by atoms with E-state index in [1.54, 1.807) is 30.3 Å². The van der Waals surface area contributed by atoms with Gasteiger partial charge >= 0.3 is 5.97 Å². The van der Waals surface area contributed by atoms with Crippen LogP contribution in [0.4, 0.5) is 0 Å². The number of carbonyl (C=O) groups is 1. The molecule has 0 saturated carbocycles. The van der Waals surface area contributed by atoms with E-state index in [2.05, 4.69) is 0 Å². The monoisotopic (exact) mass is 241 g/mol. The van der Waals surface area contributed by atoms with Crippen molar-refractivity contribution in [1.29, 1.82) is 0 Å². The second-order valence-electron chi connectivity index (χ2n) is 3.50. The van der Waals surface area contributed by atoms with Crippen LogP contribution in [0.2, 0.25) is 0 Å². The molecular formula is C12H19NO4. The first-order valence-electron chi connectivity index (χ1n) is 5.35. The van der Waals surface area contributed by atoms with Crippen molar-refractivity contribution in [2.75, 3.05) is 6.61 Å². The molecule has 17 heavy (non-hydrogen) atoms. The number of aliphatic carboxylic acids is 1. The maximum absolute atomic E-state index is 10.2. The molecule has 0 aromatic heterocycles. The number of nitrogens with two attached hydrogens (primary N) is 1. The SMILES string of the molecule is CCC(N)CO.O=C(O)C(O)c1ccccc1. The zero-order valence-electron chi connectivity index (χ0n) is 9.78. The molecule has 0 heterocycles. The predicted octanol–water partition coefficient (Wildman–Crippen LogP) is 0.521. The third-order valence-electron chi connectivity index (χ3n) is 2.11. The predicted molar refractivity (Wildman–Crippen MR) is 64.4 cm³/mol. The maximum atomic E-state index is 10.2. The second kappa shape index (κ2) is 8.69. The molecule has 0 aliphatic rings. The van der Waals surface area contributed by atoms with E-state index in [-0.39, 0.29) is 12.6 Å². The molecule has 96 valence electrons. The fourth-order valence-corrected chi connectivity index (χ4v) is 0.907. The molecule has 0 spiro atoms. The van der Waals surface area contributed by atoms with Crippen LogP contribution in [-0.4, -0.2) is 33.9 Å². The lowest BCUT2D eigenvalue weighted by molar-refractivity contribution is -0.146. The number of carboxylic acid groups (broad SMARTS) is 1. The van der Waals surface area contributed by atoms with Gasteiger partial charge in [0.2, 0.25) is 0 Å². The first-order valence-corrected chi connectivity index (χ1v) is 5.35. The highest BCUT2D eigenvalue weighted by Crippen LogP contribution is 2.10. The Balaban J connectivity index is 0.000000366. The summed E-state index contributed by atoms with van der Waals surface area (Å²) in [6, 6.07) is 8.25. The van der Waals surface area contributed by atoms with Crippen LogP contribution in [0.3, 0.4) is 0 Å². The largest absolute Gasteiger partial charge is 0.479 e. The van der Waals surface area contributed by atoms with Gasteiger partial charge in [-0.2, -0.15) is 0 Å². The summed E-state index contributed by atoms with van der Waals surface area (Å²) in [4.78, 5) is 10.2.